The molecule has 0 spiro atoms. The van der Waals surface area contributed by atoms with Crippen LogP contribution in [0.25, 0.3) is 11.0 Å². The number of carbonyl (C=O) groups excluding carboxylic acids is 1. The second kappa shape index (κ2) is 4.17. The molecule has 0 aliphatic heterocycles. The highest BCUT2D eigenvalue weighted by molar-refractivity contribution is 5.77. The Labute approximate surface area is 87.6 Å². The molecule has 0 aliphatic carbocycles. The van der Waals surface area contributed by atoms with Gasteiger partial charge in [0.1, 0.15) is 11.3 Å². The van der Waals surface area contributed by atoms with E-state index in [9.17, 15) is 4.79 Å². The fraction of sp³-hybridized carbons (Fsp3) is 0.250. The molecule has 0 radical (unpaired) electrons. The molecule has 0 amide bonds. The van der Waals surface area contributed by atoms with Crippen molar-refractivity contribution in [2.24, 2.45) is 0 Å². The second-order valence-corrected chi connectivity index (χ2v) is 3.34. The minimum absolute atomic E-state index is 0.258. The number of ether oxygens (including phenoxy) is 1. The first-order chi connectivity index (χ1) is 7.25. The Morgan fingerprint density at radius 1 is 1.40 bits per heavy atom. The third kappa shape index (κ3) is 2.37. The summed E-state index contributed by atoms with van der Waals surface area (Å²) in [5.74, 6) is 0.587. The van der Waals surface area contributed by atoms with Crippen molar-refractivity contribution in [1.29, 1.82) is 0 Å². The van der Waals surface area contributed by atoms with Gasteiger partial charge in [0.15, 0.2) is 0 Å². The molecule has 0 atom stereocenters. The van der Waals surface area contributed by atoms with Gasteiger partial charge in [-0.2, -0.15) is 0 Å². The van der Waals surface area contributed by atoms with E-state index >= 15 is 0 Å². The average molecular weight is 204 g/mol. The van der Waals surface area contributed by atoms with E-state index in [1.165, 1.54) is 6.92 Å². The van der Waals surface area contributed by atoms with Gasteiger partial charge in [-0.3, -0.25) is 4.79 Å². The number of rotatable bonds is 3. The van der Waals surface area contributed by atoms with Gasteiger partial charge in [0, 0.05) is 18.7 Å². The molecule has 3 nitrogen and oxygen atoms in total. The standard InChI is InChI=1S/C12H12O3/c1-9(13)14-7-6-11-8-10-4-2-3-5-12(10)15-11/h2-5,8H,6-7H2,1H3. The third-order valence-corrected chi connectivity index (χ3v) is 2.13. The Morgan fingerprint density at radius 3 is 2.93 bits per heavy atom. The Morgan fingerprint density at radius 2 is 2.20 bits per heavy atom. The summed E-state index contributed by atoms with van der Waals surface area (Å²) < 4.78 is 10.4. The van der Waals surface area contributed by atoms with Gasteiger partial charge in [-0.25, -0.2) is 0 Å². The van der Waals surface area contributed by atoms with Crippen molar-refractivity contribution < 1.29 is 13.9 Å². The third-order valence-electron chi connectivity index (χ3n) is 2.13. The van der Waals surface area contributed by atoms with Gasteiger partial charge in [-0.1, -0.05) is 18.2 Å². The normalized spacial score (nSPS) is 10.5. The van der Waals surface area contributed by atoms with Crippen LogP contribution in [0.15, 0.2) is 34.7 Å². The number of esters is 1. The zero-order valence-corrected chi connectivity index (χ0v) is 8.53. The van der Waals surface area contributed by atoms with Crippen LogP contribution >= 0.6 is 0 Å². The van der Waals surface area contributed by atoms with Crippen LogP contribution in [0, 0.1) is 0 Å². The Kier molecular flexibility index (Phi) is 2.72. The molecular weight excluding hydrogens is 192 g/mol. The van der Waals surface area contributed by atoms with E-state index in [2.05, 4.69) is 0 Å². The first kappa shape index (κ1) is 9.77. The number of hydrogen-bond acceptors (Lipinski definition) is 3. The van der Waals surface area contributed by atoms with E-state index in [0.29, 0.717) is 13.0 Å². The summed E-state index contributed by atoms with van der Waals surface area (Å²) in [7, 11) is 0. The SMILES string of the molecule is CC(=O)OCCc1cc2ccccc2o1. The van der Waals surface area contributed by atoms with Crippen molar-refractivity contribution in [2.45, 2.75) is 13.3 Å². The lowest BCUT2D eigenvalue weighted by atomic mass is 10.2. The lowest BCUT2D eigenvalue weighted by Crippen LogP contribution is -2.02. The molecule has 15 heavy (non-hydrogen) atoms. The summed E-state index contributed by atoms with van der Waals surface area (Å²) in [5.41, 5.74) is 0.871. The van der Waals surface area contributed by atoms with Crippen molar-refractivity contribution in [3.05, 3.63) is 36.1 Å². The molecule has 1 aromatic carbocycles. The highest BCUT2D eigenvalue weighted by Gasteiger charge is 2.03. The first-order valence-electron chi connectivity index (χ1n) is 4.86. The van der Waals surface area contributed by atoms with Crippen LogP contribution < -0.4 is 0 Å². The van der Waals surface area contributed by atoms with Crippen LogP contribution in [-0.4, -0.2) is 12.6 Å². The van der Waals surface area contributed by atoms with Crippen LogP contribution in [0.4, 0.5) is 0 Å². The highest BCUT2D eigenvalue weighted by atomic mass is 16.5. The highest BCUT2D eigenvalue weighted by Crippen LogP contribution is 2.18. The maximum atomic E-state index is 10.6. The molecule has 0 bridgehead atoms. The minimum Gasteiger partial charge on any atom is -0.465 e. The summed E-state index contributed by atoms with van der Waals surface area (Å²) >= 11 is 0. The topological polar surface area (TPSA) is 39.4 Å². The molecule has 2 rings (SSSR count). The fourth-order valence-electron chi connectivity index (χ4n) is 1.46. The van der Waals surface area contributed by atoms with Crippen LogP contribution in [0.2, 0.25) is 0 Å². The number of benzene rings is 1. The predicted molar refractivity (Wildman–Crippen MR) is 56.6 cm³/mol. The summed E-state index contributed by atoms with van der Waals surface area (Å²) in [6.07, 6.45) is 0.619. The summed E-state index contributed by atoms with van der Waals surface area (Å²) in [6.45, 7) is 1.77. The summed E-state index contributed by atoms with van der Waals surface area (Å²) in [5, 5.41) is 1.08. The molecule has 0 unspecified atom stereocenters. The number of furan rings is 1. The van der Waals surface area contributed by atoms with Gasteiger partial charge in [0.2, 0.25) is 0 Å². The zero-order valence-electron chi connectivity index (χ0n) is 8.53. The van der Waals surface area contributed by atoms with Crippen molar-refractivity contribution in [3.63, 3.8) is 0 Å². The molecule has 0 saturated heterocycles. The van der Waals surface area contributed by atoms with Crippen molar-refractivity contribution in [1.82, 2.24) is 0 Å². The molecule has 0 saturated carbocycles. The molecule has 1 heterocycles. The van der Waals surface area contributed by atoms with Crippen molar-refractivity contribution >= 4 is 16.9 Å². The van der Waals surface area contributed by atoms with Gasteiger partial charge in [0.25, 0.3) is 0 Å². The molecule has 3 heteroatoms. The van der Waals surface area contributed by atoms with Crippen LogP contribution in [0.1, 0.15) is 12.7 Å². The molecule has 0 fully saturated rings. The predicted octanol–water partition coefficient (Wildman–Crippen LogP) is 2.54. The number of fused-ring (bicyclic) bond motifs is 1. The smallest absolute Gasteiger partial charge is 0.302 e. The summed E-state index contributed by atoms with van der Waals surface area (Å²) in [4.78, 5) is 10.6. The number of para-hydroxylation sites is 1. The van der Waals surface area contributed by atoms with E-state index in [-0.39, 0.29) is 5.97 Å². The van der Waals surface area contributed by atoms with Gasteiger partial charge in [-0.15, -0.1) is 0 Å². The zero-order chi connectivity index (χ0) is 10.7. The molecule has 0 aliphatic rings. The monoisotopic (exact) mass is 204 g/mol. The quantitative estimate of drug-likeness (QED) is 0.721. The van der Waals surface area contributed by atoms with Gasteiger partial charge < -0.3 is 9.15 Å². The maximum absolute atomic E-state index is 10.6. The van der Waals surface area contributed by atoms with Crippen molar-refractivity contribution in [3.8, 4) is 0 Å². The number of hydrogen-bond donors (Lipinski definition) is 0. The van der Waals surface area contributed by atoms with Crippen LogP contribution in [0.3, 0.4) is 0 Å². The van der Waals surface area contributed by atoms with Crippen molar-refractivity contribution in [2.75, 3.05) is 6.61 Å². The Balaban J connectivity index is 2.05. The lowest BCUT2D eigenvalue weighted by molar-refractivity contribution is -0.140. The minimum atomic E-state index is -0.258. The van der Waals surface area contributed by atoms with Gasteiger partial charge >= 0.3 is 5.97 Å². The molecule has 2 aromatic rings. The molecule has 0 N–H and O–H groups in total. The van der Waals surface area contributed by atoms with E-state index in [1.54, 1.807) is 0 Å². The molecule has 78 valence electrons. The lowest BCUT2D eigenvalue weighted by Gasteiger charge is -1.97. The average Bonchev–Trinajstić information content (AvgIpc) is 2.59. The number of carbonyl (C=O) groups is 1. The van der Waals surface area contributed by atoms with E-state index in [0.717, 1.165) is 16.7 Å². The largest absolute Gasteiger partial charge is 0.465 e. The first-order valence-corrected chi connectivity index (χ1v) is 4.86. The maximum Gasteiger partial charge on any atom is 0.302 e. The Hall–Kier alpha value is -1.77. The van der Waals surface area contributed by atoms with E-state index in [1.807, 2.05) is 30.3 Å². The van der Waals surface area contributed by atoms with Crippen LogP contribution in [0.5, 0.6) is 0 Å². The second-order valence-electron chi connectivity index (χ2n) is 3.34. The van der Waals surface area contributed by atoms with Gasteiger partial charge in [0.05, 0.1) is 6.61 Å². The van der Waals surface area contributed by atoms with Gasteiger partial charge in [-0.05, 0) is 12.1 Å². The summed E-state index contributed by atoms with van der Waals surface area (Å²) in [6, 6.07) is 9.78. The molecule has 1 aromatic heterocycles. The van der Waals surface area contributed by atoms with Crippen LogP contribution in [-0.2, 0) is 16.0 Å². The Bertz CT molecular complexity index is 437. The van der Waals surface area contributed by atoms with E-state index in [4.69, 9.17) is 9.15 Å². The molecular formula is C12H12O3. The fourth-order valence-corrected chi connectivity index (χ4v) is 1.46. The van der Waals surface area contributed by atoms with E-state index < -0.39 is 0 Å².